The largest absolute Gasteiger partial charge is 0.496 e. The van der Waals surface area contributed by atoms with Gasteiger partial charge in [-0.15, -0.1) is 0 Å². The van der Waals surface area contributed by atoms with Gasteiger partial charge < -0.3 is 15.4 Å². The first-order valence-corrected chi connectivity index (χ1v) is 6.53. The monoisotopic (exact) mass is 249 g/mol. The number of nitrogens with zero attached hydrogens (tertiary/aromatic N) is 1. The zero-order chi connectivity index (χ0) is 13.0. The van der Waals surface area contributed by atoms with Crippen LogP contribution in [-0.4, -0.2) is 44.9 Å². The van der Waals surface area contributed by atoms with Crippen LogP contribution < -0.4 is 15.4 Å². The quantitative estimate of drug-likeness (QED) is 0.849. The van der Waals surface area contributed by atoms with E-state index in [9.17, 15) is 0 Å². The Labute approximate surface area is 109 Å². The first-order chi connectivity index (χ1) is 8.70. The van der Waals surface area contributed by atoms with Crippen molar-refractivity contribution in [2.24, 2.45) is 0 Å². The first-order valence-electron chi connectivity index (χ1n) is 6.53. The lowest BCUT2D eigenvalue weighted by molar-refractivity contribution is 0.256. The predicted octanol–water partition coefficient (Wildman–Crippen LogP) is 1.59. The molecule has 0 radical (unpaired) electrons. The van der Waals surface area contributed by atoms with Crippen molar-refractivity contribution < 1.29 is 4.74 Å². The van der Waals surface area contributed by atoms with Crippen LogP contribution in [0.25, 0.3) is 0 Å². The Morgan fingerprint density at radius 1 is 1.22 bits per heavy atom. The smallest absolute Gasteiger partial charge is 0.124 e. The number of methoxy groups -OCH3 is 1. The van der Waals surface area contributed by atoms with Crippen LogP contribution in [0.5, 0.6) is 5.75 Å². The van der Waals surface area contributed by atoms with E-state index in [1.807, 2.05) is 0 Å². The van der Waals surface area contributed by atoms with Gasteiger partial charge in [0.15, 0.2) is 0 Å². The first kappa shape index (κ1) is 13.2. The molecular weight excluding hydrogens is 226 g/mol. The number of anilines is 1. The summed E-state index contributed by atoms with van der Waals surface area (Å²) in [5, 5.41) is 6.85. The molecule has 1 fully saturated rings. The molecular formula is C14H23N3O. The topological polar surface area (TPSA) is 36.5 Å². The van der Waals surface area contributed by atoms with Crippen molar-refractivity contribution in [3.63, 3.8) is 0 Å². The summed E-state index contributed by atoms with van der Waals surface area (Å²) >= 11 is 0. The SMILES string of the molecule is COc1c(C)cc(NCN2CCNCC2)cc1C. The highest BCUT2D eigenvalue weighted by Crippen LogP contribution is 2.26. The van der Waals surface area contributed by atoms with Crippen LogP contribution in [0.4, 0.5) is 5.69 Å². The maximum absolute atomic E-state index is 5.38. The second-order valence-electron chi connectivity index (χ2n) is 4.85. The van der Waals surface area contributed by atoms with Crippen LogP contribution in [0, 0.1) is 13.8 Å². The summed E-state index contributed by atoms with van der Waals surface area (Å²) in [6, 6.07) is 4.29. The average Bonchev–Trinajstić information content (AvgIpc) is 2.37. The maximum Gasteiger partial charge on any atom is 0.124 e. The van der Waals surface area contributed by atoms with Gasteiger partial charge in [-0.2, -0.15) is 0 Å². The third-order valence-electron chi connectivity index (χ3n) is 3.38. The minimum absolute atomic E-state index is 0.910. The molecule has 0 spiro atoms. The van der Waals surface area contributed by atoms with E-state index in [1.165, 1.54) is 16.8 Å². The van der Waals surface area contributed by atoms with Crippen molar-refractivity contribution in [1.29, 1.82) is 0 Å². The van der Waals surface area contributed by atoms with Crippen molar-refractivity contribution in [3.8, 4) is 5.75 Å². The number of aryl methyl sites for hydroxylation is 2. The number of nitrogens with one attached hydrogen (secondary N) is 2. The Hall–Kier alpha value is -1.26. The molecule has 0 atom stereocenters. The summed E-state index contributed by atoms with van der Waals surface area (Å²) in [7, 11) is 1.73. The van der Waals surface area contributed by atoms with Crippen molar-refractivity contribution in [2.45, 2.75) is 13.8 Å². The standard InChI is InChI=1S/C14H23N3O/c1-11-8-13(9-12(2)14(11)18-3)16-10-17-6-4-15-5-7-17/h8-9,15-16H,4-7,10H2,1-3H3. The van der Waals surface area contributed by atoms with E-state index >= 15 is 0 Å². The van der Waals surface area contributed by atoms with Gasteiger partial charge in [-0.25, -0.2) is 0 Å². The lowest BCUT2D eigenvalue weighted by Gasteiger charge is -2.27. The summed E-state index contributed by atoms with van der Waals surface area (Å²) < 4.78 is 5.38. The van der Waals surface area contributed by atoms with E-state index in [4.69, 9.17) is 4.74 Å². The molecule has 100 valence electrons. The molecule has 0 aliphatic carbocycles. The molecule has 18 heavy (non-hydrogen) atoms. The minimum atomic E-state index is 0.910. The third kappa shape index (κ3) is 3.15. The van der Waals surface area contributed by atoms with Gasteiger partial charge in [0.25, 0.3) is 0 Å². The molecule has 0 unspecified atom stereocenters. The lowest BCUT2D eigenvalue weighted by atomic mass is 10.1. The molecule has 2 rings (SSSR count). The normalized spacial score (nSPS) is 16.6. The van der Waals surface area contributed by atoms with E-state index in [2.05, 4.69) is 41.5 Å². The summed E-state index contributed by atoms with van der Waals surface area (Å²) in [6.07, 6.45) is 0. The maximum atomic E-state index is 5.38. The molecule has 2 N–H and O–H groups in total. The van der Waals surface area contributed by atoms with Crippen LogP contribution in [-0.2, 0) is 0 Å². The van der Waals surface area contributed by atoms with E-state index in [0.717, 1.165) is 38.6 Å². The second kappa shape index (κ2) is 6.07. The average molecular weight is 249 g/mol. The predicted molar refractivity (Wildman–Crippen MR) is 75.4 cm³/mol. The van der Waals surface area contributed by atoms with Crippen LogP contribution >= 0.6 is 0 Å². The number of hydrogen-bond donors (Lipinski definition) is 2. The number of hydrogen-bond acceptors (Lipinski definition) is 4. The van der Waals surface area contributed by atoms with Crippen LogP contribution in [0.3, 0.4) is 0 Å². The summed E-state index contributed by atoms with van der Waals surface area (Å²) in [5.41, 5.74) is 3.53. The van der Waals surface area contributed by atoms with Gasteiger partial charge >= 0.3 is 0 Å². The molecule has 1 aliphatic rings. The van der Waals surface area contributed by atoms with Crippen LogP contribution in [0.1, 0.15) is 11.1 Å². The summed E-state index contributed by atoms with van der Waals surface area (Å²) in [6.45, 7) is 9.48. The van der Waals surface area contributed by atoms with Gasteiger partial charge in [0, 0.05) is 31.9 Å². The van der Waals surface area contributed by atoms with Crippen LogP contribution in [0.2, 0.25) is 0 Å². The fourth-order valence-corrected chi connectivity index (χ4v) is 2.45. The lowest BCUT2D eigenvalue weighted by Crippen LogP contribution is -2.45. The molecule has 1 aliphatic heterocycles. The highest BCUT2D eigenvalue weighted by molar-refractivity contribution is 5.55. The number of ether oxygens (including phenoxy) is 1. The molecule has 4 nitrogen and oxygen atoms in total. The Bertz CT molecular complexity index is 377. The third-order valence-corrected chi connectivity index (χ3v) is 3.38. The molecule has 0 saturated carbocycles. The number of rotatable bonds is 4. The van der Waals surface area contributed by atoms with Crippen molar-refractivity contribution in [1.82, 2.24) is 10.2 Å². The molecule has 1 aromatic rings. The van der Waals surface area contributed by atoms with Gasteiger partial charge in [-0.1, -0.05) is 0 Å². The summed E-state index contributed by atoms with van der Waals surface area (Å²) in [5.74, 6) is 0.989. The van der Waals surface area contributed by atoms with Crippen LogP contribution in [0.15, 0.2) is 12.1 Å². The van der Waals surface area contributed by atoms with E-state index in [1.54, 1.807) is 7.11 Å². The molecule has 1 saturated heterocycles. The van der Waals surface area contributed by atoms with E-state index in [0.29, 0.717) is 0 Å². The highest BCUT2D eigenvalue weighted by atomic mass is 16.5. The molecule has 0 bridgehead atoms. The van der Waals surface area contributed by atoms with Gasteiger partial charge in [0.2, 0.25) is 0 Å². The number of piperazine rings is 1. The Morgan fingerprint density at radius 2 is 1.83 bits per heavy atom. The van der Waals surface area contributed by atoms with Crippen molar-refractivity contribution in [2.75, 3.05) is 45.3 Å². The zero-order valence-electron chi connectivity index (χ0n) is 11.5. The van der Waals surface area contributed by atoms with Gasteiger partial charge in [0.1, 0.15) is 5.75 Å². The highest BCUT2D eigenvalue weighted by Gasteiger charge is 2.09. The van der Waals surface area contributed by atoms with Gasteiger partial charge in [0.05, 0.1) is 13.8 Å². The zero-order valence-corrected chi connectivity index (χ0v) is 11.5. The Balaban J connectivity index is 1.96. The Kier molecular flexibility index (Phi) is 4.44. The second-order valence-corrected chi connectivity index (χ2v) is 4.85. The van der Waals surface area contributed by atoms with E-state index in [-0.39, 0.29) is 0 Å². The minimum Gasteiger partial charge on any atom is -0.496 e. The number of benzene rings is 1. The fourth-order valence-electron chi connectivity index (χ4n) is 2.45. The van der Waals surface area contributed by atoms with Crippen molar-refractivity contribution in [3.05, 3.63) is 23.3 Å². The van der Waals surface area contributed by atoms with Gasteiger partial charge in [-0.05, 0) is 37.1 Å². The fraction of sp³-hybridized carbons (Fsp3) is 0.571. The molecule has 4 heteroatoms. The molecule has 1 aromatic carbocycles. The van der Waals surface area contributed by atoms with E-state index < -0.39 is 0 Å². The van der Waals surface area contributed by atoms with Gasteiger partial charge in [-0.3, -0.25) is 4.90 Å². The molecule has 0 amide bonds. The summed E-state index contributed by atoms with van der Waals surface area (Å²) in [4.78, 5) is 2.42. The Morgan fingerprint density at radius 3 is 2.39 bits per heavy atom. The molecule has 0 aromatic heterocycles. The molecule has 1 heterocycles. The van der Waals surface area contributed by atoms with Crippen molar-refractivity contribution >= 4 is 5.69 Å².